The third kappa shape index (κ3) is 2.91. The van der Waals surface area contributed by atoms with E-state index >= 15 is 0 Å². The van der Waals surface area contributed by atoms with Gasteiger partial charge in [-0.2, -0.15) is 0 Å². The molecule has 4 heterocycles. The summed E-state index contributed by atoms with van der Waals surface area (Å²) in [6.45, 7) is 5.02. The summed E-state index contributed by atoms with van der Waals surface area (Å²) in [7, 11) is -3.18. The van der Waals surface area contributed by atoms with E-state index in [4.69, 9.17) is 0 Å². The first-order chi connectivity index (χ1) is 12.0. The molecule has 0 aliphatic carbocycles. The van der Waals surface area contributed by atoms with Crippen molar-refractivity contribution in [3.63, 3.8) is 0 Å². The minimum atomic E-state index is -3.18. The fraction of sp³-hybridized carbons (Fsp3) is 0.444. The van der Waals surface area contributed by atoms with Crippen LogP contribution in [0.1, 0.15) is 31.7 Å². The second-order valence-electron chi connectivity index (χ2n) is 7.18. The quantitative estimate of drug-likeness (QED) is 0.778. The fourth-order valence-corrected chi connectivity index (χ4v) is 5.63. The molecule has 4 rings (SSSR count). The van der Waals surface area contributed by atoms with E-state index in [2.05, 4.69) is 21.0 Å². The Kier molecular flexibility index (Phi) is 4.00. The van der Waals surface area contributed by atoms with Crippen LogP contribution in [0.25, 0.3) is 21.9 Å². The zero-order chi connectivity index (χ0) is 17.6. The lowest BCUT2D eigenvalue weighted by molar-refractivity contribution is 0.466. The summed E-state index contributed by atoms with van der Waals surface area (Å²) in [5.74, 6) is 0.543. The van der Waals surface area contributed by atoms with Crippen LogP contribution >= 0.6 is 0 Å². The number of rotatable bonds is 4. The van der Waals surface area contributed by atoms with Crippen LogP contribution in [0.3, 0.4) is 0 Å². The lowest BCUT2D eigenvalue weighted by atomic mass is 9.94. The van der Waals surface area contributed by atoms with Gasteiger partial charge in [0.25, 0.3) is 0 Å². The number of aromatic nitrogens is 3. The first-order valence-electron chi connectivity index (χ1n) is 8.64. The number of nitrogens with zero attached hydrogens (tertiary/aromatic N) is 3. The van der Waals surface area contributed by atoms with Gasteiger partial charge in [-0.25, -0.2) is 22.7 Å². The van der Waals surface area contributed by atoms with Crippen molar-refractivity contribution in [3.8, 4) is 0 Å². The minimum Gasteiger partial charge on any atom is -0.360 e. The van der Waals surface area contributed by atoms with Crippen molar-refractivity contribution in [2.24, 2.45) is 5.92 Å². The summed E-state index contributed by atoms with van der Waals surface area (Å²) < 4.78 is 26.8. The molecule has 1 fully saturated rings. The lowest BCUT2D eigenvalue weighted by Crippen LogP contribution is -2.32. The van der Waals surface area contributed by atoms with E-state index in [-0.39, 0.29) is 17.6 Å². The van der Waals surface area contributed by atoms with Crippen LogP contribution in [0, 0.1) is 5.92 Å². The Morgan fingerprint density at radius 3 is 2.96 bits per heavy atom. The summed E-state index contributed by atoms with van der Waals surface area (Å²) in [5, 5.41) is 2.13. The van der Waals surface area contributed by atoms with Gasteiger partial charge in [0.2, 0.25) is 10.0 Å². The molecule has 1 N–H and O–H groups in total. The van der Waals surface area contributed by atoms with E-state index in [0.717, 1.165) is 28.4 Å². The van der Waals surface area contributed by atoms with Crippen molar-refractivity contribution >= 4 is 32.0 Å². The highest BCUT2D eigenvalue weighted by Gasteiger charge is 2.33. The molecule has 0 aromatic carbocycles. The van der Waals surface area contributed by atoms with Gasteiger partial charge < -0.3 is 4.98 Å². The summed E-state index contributed by atoms with van der Waals surface area (Å²) in [6, 6.07) is 4.04. The van der Waals surface area contributed by atoms with E-state index in [1.165, 1.54) is 5.56 Å². The van der Waals surface area contributed by atoms with E-state index in [1.54, 1.807) is 16.7 Å². The first kappa shape index (κ1) is 16.5. The number of aromatic amines is 1. The smallest absolute Gasteiger partial charge is 0.214 e. The molecule has 0 amide bonds. The molecule has 0 radical (unpaired) electrons. The van der Waals surface area contributed by atoms with Gasteiger partial charge in [0.05, 0.1) is 17.5 Å². The summed E-state index contributed by atoms with van der Waals surface area (Å²) >= 11 is 0. The van der Waals surface area contributed by atoms with Crippen molar-refractivity contribution in [1.29, 1.82) is 0 Å². The van der Waals surface area contributed by atoms with Gasteiger partial charge in [-0.1, -0.05) is 13.8 Å². The van der Waals surface area contributed by atoms with Crippen molar-refractivity contribution in [2.45, 2.75) is 26.2 Å². The van der Waals surface area contributed by atoms with Crippen molar-refractivity contribution < 1.29 is 8.42 Å². The molecule has 0 bridgehead atoms. The maximum Gasteiger partial charge on any atom is 0.214 e. The van der Waals surface area contributed by atoms with Gasteiger partial charge in [-0.3, -0.25) is 0 Å². The Bertz CT molecular complexity index is 1030. The second-order valence-corrected chi connectivity index (χ2v) is 9.19. The molecule has 7 heteroatoms. The molecule has 1 aliphatic rings. The van der Waals surface area contributed by atoms with Crippen LogP contribution in [0.5, 0.6) is 0 Å². The van der Waals surface area contributed by atoms with Gasteiger partial charge in [-0.05, 0) is 36.0 Å². The highest BCUT2D eigenvalue weighted by molar-refractivity contribution is 7.89. The second kappa shape index (κ2) is 6.07. The third-order valence-electron chi connectivity index (χ3n) is 4.85. The van der Waals surface area contributed by atoms with Gasteiger partial charge in [0.1, 0.15) is 0 Å². The number of nitrogens with one attached hydrogen (secondary N) is 1. The molecule has 25 heavy (non-hydrogen) atoms. The van der Waals surface area contributed by atoms with Crippen LogP contribution in [0.4, 0.5) is 0 Å². The molecule has 0 saturated carbocycles. The molecule has 3 aromatic heterocycles. The topological polar surface area (TPSA) is 79.0 Å². The first-order valence-corrected chi connectivity index (χ1v) is 10.2. The molecular formula is C18H22N4O2S. The Labute approximate surface area is 147 Å². The molecule has 132 valence electrons. The van der Waals surface area contributed by atoms with Gasteiger partial charge in [0, 0.05) is 36.3 Å². The van der Waals surface area contributed by atoms with Crippen molar-refractivity contribution in [3.05, 3.63) is 36.3 Å². The van der Waals surface area contributed by atoms with E-state index in [9.17, 15) is 8.42 Å². The van der Waals surface area contributed by atoms with Gasteiger partial charge in [0.15, 0.2) is 5.65 Å². The van der Waals surface area contributed by atoms with Gasteiger partial charge >= 0.3 is 0 Å². The fourth-order valence-electron chi connectivity index (χ4n) is 3.79. The molecular weight excluding hydrogens is 336 g/mol. The number of hydrogen-bond donors (Lipinski definition) is 1. The van der Waals surface area contributed by atoms with Crippen molar-refractivity contribution in [2.75, 3.05) is 18.8 Å². The van der Waals surface area contributed by atoms with Crippen LogP contribution in [-0.4, -0.2) is 46.5 Å². The average molecular weight is 358 g/mol. The standard InChI is InChI=1S/C18H22N4O2S/c1-12(2)11-25(23,24)22-8-5-13(10-22)14-3-6-19-16-9-21-18-15(17(14)16)4-7-20-18/h3-4,6-7,9,12-13,19H,5,8,10-11H2,1-2H3. The van der Waals surface area contributed by atoms with Crippen molar-refractivity contribution in [1.82, 2.24) is 19.3 Å². The van der Waals surface area contributed by atoms with E-state index in [1.807, 2.05) is 26.1 Å². The van der Waals surface area contributed by atoms with Crippen LogP contribution in [-0.2, 0) is 10.0 Å². The molecule has 0 spiro atoms. The number of H-pyrrole nitrogens is 1. The molecule has 6 nitrogen and oxygen atoms in total. The predicted molar refractivity (Wildman–Crippen MR) is 99.0 cm³/mol. The van der Waals surface area contributed by atoms with E-state index in [0.29, 0.717) is 13.1 Å². The largest absolute Gasteiger partial charge is 0.360 e. The molecule has 1 unspecified atom stereocenters. The Morgan fingerprint density at radius 1 is 1.32 bits per heavy atom. The normalized spacial score (nSPS) is 19.4. The Balaban J connectivity index is 1.73. The number of fused-ring (bicyclic) bond motifs is 3. The maximum absolute atomic E-state index is 12.6. The summed E-state index contributed by atoms with van der Waals surface area (Å²) in [6.07, 6.45) is 6.32. The Morgan fingerprint density at radius 2 is 2.16 bits per heavy atom. The number of hydrogen-bond acceptors (Lipinski definition) is 4. The molecule has 3 aromatic rings. The summed E-state index contributed by atoms with van der Waals surface area (Å²) in [4.78, 5) is 11.9. The minimum absolute atomic E-state index is 0.136. The molecule has 1 atom stereocenters. The predicted octanol–water partition coefficient (Wildman–Crippen LogP) is 2.89. The van der Waals surface area contributed by atoms with Gasteiger partial charge in [-0.15, -0.1) is 0 Å². The monoisotopic (exact) mass is 358 g/mol. The highest BCUT2D eigenvalue weighted by Crippen LogP contribution is 2.35. The third-order valence-corrected chi connectivity index (χ3v) is 7.06. The zero-order valence-corrected chi connectivity index (χ0v) is 15.3. The summed E-state index contributed by atoms with van der Waals surface area (Å²) in [5.41, 5.74) is 2.87. The molecule has 1 saturated heterocycles. The zero-order valence-electron chi connectivity index (χ0n) is 14.4. The van der Waals surface area contributed by atoms with Crippen LogP contribution < -0.4 is 0 Å². The highest BCUT2D eigenvalue weighted by atomic mass is 32.2. The number of pyridine rings is 2. The number of sulfonamides is 1. The van der Waals surface area contributed by atoms with E-state index < -0.39 is 10.0 Å². The molecule has 1 aliphatic heterocycles. The Hall–Kier alpha value is -1.99. The lowest BCUT2D eigenvalue weighted by Gasteiger charge is -2.18. The maximum atomic E-state index is 12.6. The van der Waals surface area contributed by atoms with Crippen LogP contribution in [0.2, 0.25) is 0 Å². The SMILES string of the molecule is CC(C)CS(=O)(=O)N1CCC(c2cc[nH]c3cnc4nccc4c23)C1. The van der Waals surface area contributed by atoms with Crippen LogP contribution in [0.15, 0.2) is 30.7 Å². The average Bonchev–Trinajstić information content (AvgIpc) is 3.22.